The average Bonchev–Trinajstić information content (AvgIpc) is 3.34. The van der Waals surface area contributed by atoms with Crippen LogP contribution in [0.25, 0.3) is 0 Å². The van der Waals surface area contributed by atoms with Crippen molar-refractivity contribution in [2.24, 2.45) is 4.99 Å². The number of phenols is 1. The van der Waals surface area contributed by atoms with Crippen molar-refractivity contribution in [1.29, 1.82) is 0 Å². The van der Waals surface area contributed by atoms with Crippen molar-refractivity contribution in [2.45, 2.75) is 13.0 Å². The second-order valence-corrected chi connectivity index (χ2v) is 8.82. The second-order valence-electron chi connectivity index (χ2n) is 7.84. The van der Waals surface area contributed by atoms with Gasteiger partial charge in [-0.25, -0.2) is 0 Å². The van der Waals surface area contributed by atoms with E-state index in [0.717, 1.165) is 77.2 Å². The van der Waals surface area contributed by atoms with Gasteiger partial charge in [-0.05, 0) is 30.5 Å². The van der Waals surface area contributed by atoms with Crippen LogP contribution in [0.5, 0.6) is 5.75 Å². The molecule has 1 atom stereocenters. The molecule has 7 nitrogen and oxygen atoms in total. The first kappa shape index (κ1) is 25.1. The van der Waals surface area contributed by atoms with E-state index in [1.165, 1.54) is 4.88 Å². The number of phenolic OH excluding ortho intramolecular Hbond substituents is 1. The molecule has 1 aromatic heterocycles. The van der Waals surface area contributed by atoms with Gasteiger partial charge in [0.05, 0.1) is 31.5 Å². The van der Waals surface area contributed by atoms with Crippen molar-refractivity contribution in [1.82, 2.24) is 15.1 Å². The normalized spacial score (nSPS) is 18.8. The minimum absolute atomic E-state index is 0. The summed E-state index contributed by atoms with van der Waals surface area (Å²) in [6.45, 7) is 10.7. The number of nitrogens with zero attached hydrogens (tertiary/aromatic N) is 4. The van der Waals surface area contributed by atoms with Gasteiger partial charge in [-0.3, -0.25) is 9.89 Å². The van der Waals surface area contributed by atoms with Crippen LogP contribution >= 0.6 is 35.3 Å². The number of hydrogen-bond donors (Lipinski definition) is 2. The van der Waals surface area contributed by atoms with Crippen molar-refractivity contribution in [3.8, 4) is 5.75 Å². The minimum atomic E-state index is 0. The van der Waals surface area contributed by atoms with Crippen LogP contribution in [0.3, 0.4) is 0 Å². The van der Waals surface area contributed by atoms with Crippen LogP contribution in [-0.4, -0.2) is 86.4 Å². The quantitative estimate of drug-likeness (QED) is 0.316. The van der Waals surface area contributed by atoms with Gasteiger partial charge in [-0.1, -0.05) is 18.2 Å². The fourth-order valence-corrected chi connectivity index (χ4v) is 5.10. The second kappa shape index (κ2) is 12.6. The summed E-state index contributed by atoms with van der Waals surface area (Å²) in [5.74, 6) is 1.33. The Hall–Kier alpha value is -1.56. The third-order valence-corrected chi connectivity index (χ3v) is 6.88. The highest BCUT2D eigenvalue weighted by molar-refractivity contribution is 14.0. The number of morpholine rings is 1. The van der Waals surface area contributed by atoms with Crippen LogP contribution in [0.1, 0.15) is 17.8 Å². The van der Waals surface area contributed by atoms with Crippen molar-refractivity contribution >= 4 is 47.0 Å². The largest absolute Gasteiger partial charge is 0.506 e. The van der Waals surface area contributed by atoms with E-state index < -0.39 is 0 Å². The molecule has 0 amide bonds. The van der Waals surface area contributed by atoms with Gasteiger partial charge in [0.25, 0.3) is 0 Å². The molecule has 2 N–H and O–H groups in total. The molecule has 32 heavy (non-hydrogen) atoms. The molecule has 1 unspecified atom stereocenters. The summed E-state index contributed by atoms with van der Waals surface area (Å²) in [5, 5.41) is 15.8. The summed E-state index contributed by atoms with van der Waals surface area (Å²) in [5.41, 5.74) is 0.911. The molecule has 2 aliphatic heterocycles. The van der Waals surface area contributed by atoms with Crippen LogP contribution in [0, 0.1) is 0 Å². The van der Waals surface area contributed by atoms with Crippen molar-refractivity contribution in [3.63, 3.8) is 0 Å². The summed E-state index contributed by atoms with van der Waals surface area (Å²) in [7, 11) is 0. The standard InChI is InChI=1S/C23H33N5O2S.HI/c1-2-24-23(28-11-9-26(10-12-28)19-6-3-4-7-21(19)29)25-18-20(22-8-5-17-31-22)27-13-15-30-16-14-27;/h3-8,17,20,29H,2,9-16,18H2,1H3,(H,24,25);1H. The Morgan fingerprint density at radius 2 is 1.84 bits per heavy atom. The lowest BCUT2D eigenvalue weighted by molar-refractivity contribution is 0.0186. The number of ether oxygens (including phenoxy) is 1. The lowest BCUT2D eigenvalue weighted by atomic mass is 10.2. The number of aromatic hydroxyl groups is 1. The fourth-order valence-electron chi connectivity index (χ4n) is 4.24. The third kappa shape index (κ3) is 6.27. The lowest BCUT2D eigenvalue weighted by Crippen LogP contribution is -2.52. The van der Waals surface area contributed by atoms with Gasteiger partial charge in [0, 0.05) is 50.7 Å². The third-order valence-electron chi connectivity index (χ3n) is 5.91. The van der Waals surface area contributed by atoms with Crippen molar-refractivity contribution < 1.29 is 9.84 Å². The molecular formula is C23H34IN5O2S. The lowest BCUT2D eigenvalue weighted by Gasteiger charge is -2.38. The van der Waals surface area contributed by atoms with Crippen LogP contribution in [-0.2, 0) is 4.74 Å². The zero-order valence-electron chi connectivity index (χ0n) is 18.7. The number of piperazine rings is 1. The zero-order valence-corrected chi connectivity index (χ0v) is 21.8. The highest BCUT2D eigenvalue weighted by Crippen LogP contribution is 2.28. The monoisotopic (exact) mass is 571 g/mol. The van der Waals surface area contributed by atoms with E-state index in [1.807, 2.05) is 29.5 Å². The maximum Gasteiger partial charge on any atom is 0.194 e. The first-order valence-corrected chi connectivity index (χ1v) is 12.1. The Morgan fingerprint density at radius 1 is 1.09 bits per heavy atom. The van der Waals surface area contributed by atoms with Crippen molar-refractivity contribution in [3.05, 3.63) is 46.7 Å². The van der Waals surface area contributed by atoms with Crippen LogP contribution in [0.4, 0.5) is 5.69 Å². The fraction of sp³-hybridized carbons (Fsp3) is 0.522. The van der Waals surface area contributed by atoms with Crippen LogP contribution in [0.15, 0.2) is 46.8 Å². The number of halogens is 1. The van der Waals surface area contributed by atoms with Gasteiger partial charge in [0.1, 0.15) is 5.75 Å². The number of hydrogen-bond acceptors (Lipinski definition) is 6. The molecule has 0 aliphatic carbocycles. The van der Waals surface area contributed by atoms with Crippen LogP contribution < -0.4 is 10.2 Å². The number of aliphatic imine (C=N–C) groups is 1. The van der Waals surface area contributed by atoms with E-state index in [4.69, 9.17) is 9.73 Å². The van der Waals surface area contributed by atoms with E-state index in [9.17, 15) is 5.11 Å². The topological polar surface area (TPSA) is 63.6 Å². The molecule has 4 rings (SSSR count). The summed E-state index contributed by atoms with van der Waals surface area (Å²) in [4.78, 5) is 13.5. The maximum absolute atomic E-state index is 10.2. The Kier molecular flexibility index (Phi) is 9.89. The Balaban J connectivity index is 0.00000289. The van der Waals surface area contributed by atoms with Crippen molar-refractivity contribution in [2.75, 3.05) is 70.5 Å². The predicted molar refractivity (Wildman–Crippen MR) is 143 cm³/mol. The minimum Gasteiger partial charge on any atom is -0.506 e. The molecule has 2 aliphatic rings. The molecule has 0 saturated carbocycles. The van der Waals surface area contributed by atoms with E-state index >= 15 is 0 Å². The summed E-state index contributed by atoms with van der Waals surface area (Å²) < 4.78 is 5.56. The molecular weight excluding hydrogens is 537 g/mol. The summed E-state index contributed by atoms with van der Waals surface area (Å²) in [6, 6.07) is 12.2. The van der Waals surface area contributed by atoms with Gasteiger partial charge in [-0.2, -0.15) is 0 Å². The molecule has 2 aromatic rings. The van der Waals surface area contributed by atoms with Gasteiger partial charge in [-0.15, -0.1) is 35.3 Å². The first-order chi connectivity index (χ1) is 15.3. The van der Waals surface area contributed by atoms with E-state index in [1.54, 1.807) is 6.07 Å². The number of para-hydroxylation sites is 2. The number of rotatable bonds is 6. The number of benzene rings is 1. The molecule has 2 fully saturated rings. The highest BCUT2D eigenvalue weighted by atomic mass is 127. The van der Waals surface area contributed by atoms with Gasteiger partial charge >= 0.3 is 0 Å². The highest BCUT2D eigenvalue weighted by Gasteiger charge is 2.25. The van der Waals surface area contributed by atoms with E-state index in [-0.39, 0.29) is 24.0 Å². The Bertz CT molecular complexity index is 837. The molecule has 1 aromatic carbocycles. The number of nitrogens with one attached hydrogen (secondary N) is 1. The molecule has 0 spiro atoms. The Labute approximate surface area is 212 Å². The van der Waals surface area contributed by atoms with Gasteiger partial charge in [0.15, 0.2) is 5.96 Å². The first-order valence-electron chi connectivity index (χ1n) is 11.2. The maximum atomic E-state index is 10.2. The summed E-state index contributed by atoms with van der Waals surface area (Å²) >= 11 is 1.81. The van der Waals surface area contributed by atoms with Crippen LogP contribution in [0.2, 0.25) is 0 Å². The van der Waals surface area contributed by atoms with Gasteiger partial charge < -0.3 is 25.0 Å². The zero-order chi connectivity index (χ0) is 21.5. The summed E-state index contributed by atoms with van der Waals surface area (Å²) in [6.07, 6.45) is 0. The number of anilines is 1. The SMILES string of the molecule is CCNC(=NCC(c1cccs1)N1CCOCC1)N1CCN(c2ccccc2O)CC1.I. The van der Waals surface area contributed by atoms with E-state index in [2.05, 4.69) is 44.5 Å². The molecule has 2 saturated heterocycles. The molecule has 9 heteroatoms. The Morgan fingerprint density at radius 3 is 2.50 bits per heavy atom. The smallest absolute Gasteiger partial charge is 0.194 e. The molecule has 0 radical (unpaired) electrons. The van der Waals surface area contributed by atoms with E-state index in [0.29, 0.717) is 11.8 Å². The number of guanidine groups is 1. The average molecular weight is 572 g/mol. The van der Waals surface area contributed by atoms with Gasteiger partial charge in [0.2, 0.25) is 0 Å². The molecule has 3 heterocycles. The molecule has 0 bridgehead atoms. The predicted octanol–water partition coefficient (Wildman–Crippen LogP) is 3.23. The molecule has 176 valence electrons. The number of thiophene rings is 1.